The van der Waals surface area contributed by atoms with Crippen molar-refractivity contribution in [2.45, 2.75) is 38.5 Å². The maximum atomic E-state index is 2.52. The Morgan fingerprint density at radius 1 is 0.209 bits per heavy atom. The fourth-order valence-electron chi connectivity index (χ4n) is 14.5. The second kappa shape index (κ2) is 20.1. The molecule has 0 N–H and O–H groups in total. The van der Waals surface area contributed by atoms with Gasteiger partial charge in [0.15, 0.2) is 0 Å². The topological polar surface area (TPSA) is 6.48 Å². The highest BCUT2D eigenvalue weighted by atomic mass is 15.1. The molecule has 14 aromatic carbocycles. The predicted molar refractivity (Wildman–Crippen MR) is 365 cm³/mol. The second-order valence-corrected chi connectivity index (χ2v) is 24.4. The monoisotopic (exact) mass is 1100 g/mol. The number of anilines is 6. The first-order valence-electron chi connectivity index (χ1n) is 30.1. The summed E-state index contributed by atoms with van der Waals surface area (Å²) in [5.41, 5.74) is 26.3. The van der Waals surface area contributed by atoms with Crippen molar-refractivity contribution in [3.8, 4) is 66.8 Å². The van der Waals surface area contributed by atoms with Crippen molar-refractivity contribution in [1.82, 2.24) is 0 Å². The lowest BCUT2D eigenvalue weighted by Gasteiger charge is -2.29. The smallest absolute Gasteiger partial charge is 0.0473 e. The van der Waals surface area contributed by atoms with Gasteiger partial charge in [-0.2, -0.15) is 0 Å². The van der Waals surface area contributed by atoms with E-state index in [9.17, 15) is 0 Å². The molecular formula is C84H62N2. The summed E-state index contributed by atoms with van der Waals surface area (Å²) in [5, 5.41) is 7.19. The summed E-state index contributed by atoms with van der Waals surface area (Å²) in [6, 6.07) is 113. The minimum absolute atomic E-state index is 0.204. The van der Waals surface area contributed by atoms with Crippen LogP contribution in [0.2, 0.25) is 0 Å². The average molecular weight is 1100 g/mol. The molecule has 2 nitrogen and oxygen atoms in total. The highest BCUT2D eigenvalue weighted by molar-refractivity contribution is 6.23. The molecule has 0 bridgehead atoms. The van der Waals surface area contributed by atoms with Gasteiger partial charge in [-0.15, -0.1) is 0 Å². The first-order valence-corrected chi connectivity index (χ1v) is 30.1. The van der Waals surface area contributed by atoms with Crippen LogP contribution in [0.25, 0.3) is 99.1 Å². The third kappa shape index (κ3) is 8.31. The molecule has 2 aliphatic rings. The van der Waals surface area contributed by atoms with E-state index in [-0.39, 0.29) is 10.8 Å². The Labute approximate surface area is 504 Å². The highest BCUT2D eigenvalue weighted by Crippen LogP contribution is 2.55. The quantitative estimate of drug-likeness (QED) is 0.126. The lowest BCUT2D eigenvalue weighted by atomic mass is 9.79. The third-order valence-electron chi connectivity index (χ3n) is 18.8. The van der Waals surface area contributed by atoms with Gasteiger partial charge in [-0.05, 0) is 212 Å². The summed E-state index contributed by atoms with van der Waals surface area (Å²) in [4.78, 5) is 4.90. The van der Waals surface area contributed by atoms with Crippen molar-refractivity contribution in [1.29, 1.82) is 0 Å². The Hall–Kier alpha value is -10.5. The van der Waals surface area contributed by atoms with Gasteiger partial charge in [0.1, 0.15) is 0 Å². The zero-order valence-electron chi connectivity index (χ0n) is 48.8. The molecule has 0 saturated carbocycles. The summed E-state index contributed by atoms with van der Waals surface area (Å²) in [7, 11) is 0. The molecule has 0 radical (unpaired) electrons. The van der Waals surface area contributed by atoms with Crippen LogP contribution in [0, 0.1) is 0 Å². The molecule has 0 aliphatic heterocycles. The van der Waals surface area contributed by atoms with Gasteiger partial charge in [-0.1, -0.05) is 240 Å². The maximum Gasteiger partial charge on any atom is 0.0473 e. The number of nitrogens with zero attached hydrogens (tertiary/aromatic N) is 2. The summed E-state index contributed by atoms with van der Waals surface area (Å²) in [6.45, 7) is 9.59. The molecule has 86 heavy (non-hydrogen) atoms. The maximum absolute atomic E-state index is 2.52. The van der Waals surface area contributed by atoms with Gasteiger partial charge in [0.05, 0.1) is 0 Å². The summed E-state index contributed by atoms with van der Waals surface area (Å²) < 4.78 is 0. The van der Waals surface area contributed by atoms with E-state index in [1.54, 1.807) is 0 Å². The molecule has 0 amide bonds. The standard InChI is InChI=1S/C84H62N2/c1-83(2)77-35-21-19-33-69(77)71-43-38-59(51-79(71)83)81-74-46-42-67(86(64-31-15-8-16-32-64)68-49-61(55-23-9-5-10-24-55)47-62(50-68)56-25-11-6-12-26-56)54-76(74)82(60-39-44-72-70-34-20-22-36-78(70)84(3,4)80(72)52-60)73-45-41-66(53-75(73)81)85(63-29-13-7-14-30-63)65-40-37-57-27-17-18-28-58(57)48-65/h5-54H,1-4H3. The van der Waals surface area contributed by atoms with Crippen LogP contribution in [-0.4, -0.2) is 0 Å². The fraction of sp³-hybridized carbons (Fsp3) is 0.0714. The lowest BCUT2D eigenvalue weighted by Crippen LogP contribution is -2.15. The van der Waals surface area contributed by atoms with Crippen molar-refractivity contribution in [2.24, 2.45) is 0 Å². The Kier molecular flexibility index (Phi) is 11.9. The largest absolute Gasteiger partial charge is 0.310 e. The number of para-hydroxylation sites is 2. The minimum Gasteiger partial charge on any atom is -0.310 e. The zero-order chi connectivity index (χ0) is 57.7. The van der Waals surface area contributed by atoms with Crippen LogP contribution in [0.3, 0.4) is 0 Å². The zero-order valence-corrected chi connectivity index (χ0v) is 48.8. The van der Waals surface area contributed by atoms with Gasteiger partial charge in [0.25, 0.3) is 0 Å². The van der Waals surface area contributed by atoms with Gasteiger partial charge < -0.3 is 9.80 Å². The van der Waals surface area contributed by atoms with E-state index in [1.165, 1.54) is 110 Å². The first kappa shape index (κ1) is 51.1. The van der Waals surface area contributed by atoms with Gasteiger partial charge in [0, 0.05) is 45.0 Å². The molecule has 0 saturated heterocycles. The molecule has 0 heterocycles. The summed E-state index contributed by atoms with van der Waals surface area (Å²) in [6.07, 6.45) is 0. The van der Waals surface area contributed by atoms with E-state index in [0.29, 0.717) is 0 Å². The van der Waals surface area contributed by atoms with E-state index in [2.05, 4.69) is 341 Å². The van der Waals surface area contributed by atoms with Gasteiger partial charge in [-0.25, -0.2) is 0 Å². The highest BCUT2D eigenvalue weighted by Gasteiger charge is 2.37. The lowest BCUT2D eigenvalue weighted by molar-refractivity contribution is 0.660. The van der Waals surface area contributed by atoms with Gasteiger partial charge >= 0.3 is 0 Å². The molecular weight excluding hydrogens is 1040 g/mol. The van der Waals surface area contributed by atoms with E-state index < -0.39 is 0 Å². The number of fused-ring (bicyclic) bond motifs is 9. The number of rotatable bonds is 10. The van der Waals surface area contributed by atoms with Crippen LogP contribution in [0.5, 0.6) is 0 Å². The van der Waals surface area contributed by atoms with Crippen molar-refractivity contribution in [2.75, 3.05) is 9.80 Å². The molecule has 2 heteroatoms. The van der Waals surface area contributed by atoms with Crippen molar-refractivity contribution >= 4 is 66.4 Å². The van der Waals surface area contributed by atoms with Crippen molar-refractivity contribution in [3.63, 3.8) is 0 Å². The molecule has 14 aromatic rings. The third-order valence-corrected chi connectivity index (χ3v) is 18.8. The Morgan fingerprint density at radius 3 is 1.08 bits per heavy atom. The van der Waals surface area contributed by atoms with Crippen LogP contribution >= 0.6 is 0 Å². The summed E-state index contributed by atoms with van der Waals surface area (Å²) >= 11 is 0. The fourth-order valence-corrected chi connectivity index (χ4v) is 14.5. The molecule has 0 aromatic heterocycles. The van der Waals surface area contributed by atoms with E-state index in [1.807, 2.05) is 0 Å². The molecule has 0 spiro atoms. The number of benzene rings is 14. The molecule has 408 valence electrons. The molecule has 2 aliphatic carbocycles. The Morgan fingerprint density at radius 2 is 0.593 bits per heavy atom. The predicted octanol–water partition coefficient (Wildman–Crippen LogP) is 23.4. The van der Waals surface area contributed by atoms with Crippen LogP contribution < -0.4 is 9.80 Å². The SMILES string of the molecule is CC1(C)c2ccccc2-c2ccc(-c3c4ccc(N(c5ccccc5)c5ccc6ccccc6c5)cc4c(-c4ccc5c(c4)C(C)(C)c4ccccc4-5)c4ccc(N(c5ccccc5)c5cc(-c6ccccc6)cc(-c6ccccc6)c5)cc34)cc21. The van der Waals surface area contributed by atoms with Crippen LogP contribution in [-0.2, 0) is 10.8 Å². The normalized spacial score (nSPS) is 13.3. The van der Waals surface area contributed by atoms with Crippen molar-refractivity contribution in [3.05, 3.63) is 326 Å². The number of hydrogen-bond donors (Lipinski definition) is 0. The van der Waals surface area contributed by atoms with Crippen LogP contribution in [0.4, 0.5) is 34.1 Å². The first-order chi connectivity index (χ1) is 42.2. The molecule has 16 rings (SSSR count). The Balaban J connectivity index is 1.01. The van der Waals surface area contributed by atoms with Crippen molar-refractivity contribution < 1.29 is 0 Å². The van der Waals surface area contributed by atoms with Crippen LogP contribution in [0.1, 0.15) is 49.9 Å². The second-order valence-electron chi connectivity index (χ2n) is 24.4. The van der Waals surface area contributed by atoms with E-state index >= 15 is 0 Å². The average Bonchev–Trinajstić information content (AvgIpc) is 1.29. The minimum atomic E-state index is -0.207. The summed E-state index contributed by atoms with van der Waals surface area (Å²) in [5.74, 6) is 0. The Bertz CT molecular complexity index is 4920. The van der Waals surface area contributed by atoms with Gasteiger partial charge in [0.2, 0.25) is 0 Å². The molecule has 0 atom stereocenters. The molecule has 0 fully saturated rings. The van der Waals surface area contributed by atoms with E-state index in [0.717, 1.165) is 45.3 Å². The number of hydrogen-bond acceptors (Lipinski definition) is 2. The van der Waals surface area contributed by atoms with Gasteiger partial charge in [-0.3, -0.25) is 0 Å². The van der Waals surface area contributed by atoms with E-state index in [4.69, 9.17) is 0 Å². The van der Waals surface area contributed by atoms with Crippen LogP contribution in [0.15, 0.2) is 303 Å². The molecule has 0 unspecified atom stereocenters.